The van der Waals surface area contributed by atoms with Gasteiger partial charge in [0.15, 0.2) is 0 Å². The Morgan fingerprint density at radius 3 is 3.00 bits per heavy atom. The maximum absolute atomic E-state index is 10.4. The fourth-order valence-corrected chi connectivity index (χ4v) is 2.12. The molecule has 1 aromatic carbocycles. The van der Waals surface area contributed by atoms with Crippen LogP contribution in [-0.2, 0) is 11.4 Å². The second kappa shape index (κ2) is 6.36. The van der Waals surface area contributed by atoms with Crippen molar-refractivity contribution in [3.63, 3.8) is 0 Å². The molecule has 2 rings (SSSR count). The number of ether oxygens (including phenoxy) is 1. The van der Waals surface area contributed by atoms with Crippen molar-refractivity contribution >= 4 is 35.0 Å². The fraction of sp³-hybridized carbons (Fsp3) is 0.0769. The van der Waals surface area contributed by atoms with E-state index >= 15 is 0 Å². The molecule has 0 amide bonds. The number of thiazole rings is 1. The minimum atomic E-state index is -0.998. The topological polar surface area (TPSA) is 59.4 Å². The number of carbonyl (C=O) groups is 1. The fourth-order valence-electron chi connectivity index (χ4n) is 1.37. The second-order valence-electron chi connectivity index (χ2n) is 3.62. The van der Waals surface area contributed by atoms with Gasteiger partial charge in [-0.1, -0.05) is 17.7 Å². The molecule has 0 atom stereocenters. The summed E-state index contributed by atoms with van der Waals surface area (Å²) in [6, 6.07) is 5.11. The number of benzene rings is 1. The summed E-state index contributed by atoms with van der Waals surface area (Å²) in [5.41, 5.74) is 2.44. The lowest BCUT2D eigenvalue weighted by Gasteiger charge is -2.07. The average molecular weight is 296 g/mol. The molecular weight excluding hydrogens is 286 g/mol. The molecule has 0 radical (unpaired) electrons. The van der Waals surface area contributed by atoms with E-state index in [1.807, 2.05) is 0 Å². The third-order valence-corrected chi connectivity index (χ3v) is 3.28. The average Bonchev–Trinajstić information content (AvgIpc) is 2.88. The summed E-state index contributed by atoms with van der Waals surface area (Å²) in [5, 5.41) is 8.98. The Morgan fingerprint density at radius 2 is 2.37 bits per heavy atom. The first kappa shape index (κ1) is 13.6. The summed E-state index contributed by atoms with van der Waals surface area (Å²) in [5.74, 6) is -0.441. The highest BCUT2D eigenvalue weighted by Crippen LogP contribution is 2.27. The zero-order valence-corrected chi connectivity index (χ0v) is 11.3. The van der Waals surface area contributed by atoms with E-state index < -0.39 is 5.97 Å². The summed E-state index contributed by atoms with van der Waals surface area (Å²) >= 11 is 7.57. The lowest BCUT2D eigenvalue weighted by atomic mass is 10.2. The quantitative estimate of drug-likeness (QED) is 0.858. The van der Waals surface area contributed by atoms with E-state index in [2.05, 4.69) is 4.98 Å². The van der Waals surface area contributed by atoms with Gasteiger partial charge in [0, 0.05) is 12.3 Å². The van der Waals surface area contributed by atoms with Gasteiger partial charge in [0.1, 0.15) is 12.4 Å². The number of rotatable bonds is 5. The Balaban J connectivity index is 2.04. The molecule has 1 N–H and O–H groups in total. The summed E-state index contributed by atoms with van der Waals surface area (Å²) in [6.45, 7) is 0.411. The van der Waals surface area contributed by atoms with Crippen LogP contribution in [0.5, 0.6) is 5.75 Å². The van der Waals surface area contributed by atoms with Gasteiger partial charge in [-0.2, -0.15) is 0 Å². The summed E-state index contributed by atoms with van der Waals surface area (Å²) < 4.78 is 5.56. The number of halogens is 1. The molecular formula is C13H10ClNO3S. The van der Waals surface area contributed by atoms with E-state index in [4.69, 9.17) is 21.4 Å². The molecule has 0 aliphatic heterocycles. The van der Waals surface area contributed by atoms with Gasteiger partial charge in [0.05, 0.1) is 15.4 Å². The second-order valence-corrected chi connectivity index (χ2v) is 5.00. The summed E-state index contributed by atoms with van der Waals surface area (Å²) in [6.07, 6.45) is 4.27. The van der Waals surface area contributed by atoms with Crippen LogP contribution in [0.1, 0.15) is 10.4 Å². The zero-order chi connectivity index (χ0) is 13.7. The van der Waals surface area contributed by atoms with E-state index in [-0.39, 0.29) is 0 Å². The van der Waals surface area contributed by atoms with Crippen molar-refractivity contribution in [2.75, 3.05) is 0 Å². The largest absolute Gasteiger partial charge is 0.486 e. The standard InChI is InChI=1S/C13H10ClNO3S/c14-11-5-9(2-4-13(16)17)1-3-12(11)18-7-10-6-15-8-19-10/h1-6,8H,7H2,(H,16,17)/b4-2+. The monoisotopic (exact) mass is 295 g/mol. The van der Waals surface area contributed by atoms with Crippen LogP contribution in [0, 0.1) is 0 Å². The molecule has 0 fully saturated rings. The molecule has 19 heavy (non-hydrogen) atoms. The molecule has 0 saturated heterocycles. The van der Waals surface area contributed by atoms with Gasteiger partial charge in [-0.15, -0.1) is 11.3 Å². The first-order valence-corrected chi connectivity index (χ1v) is 6.61. The predicted molar refractivity (Wildman–Crippen MR) is 74.6 cm³/mol. The van der Waals surface area contributed by atoms with E-state index in [9.17, 15) is 4.79 Å². The number of aromatic nitrogens is 1. The van der Waals surface area contributed by atoms with Crippen LogP contribution in [0.15, 0.2) is 36.0 Å². The van der Waals surface area contributed by atoms with Crippen molar-refractivity contribution in [3.05, 3.63) is 51.4 Å². The van der Waals surface area contributed by atoms with Crippen LogP contribution >= 0.6 is 22.9 Å². The number of hydrogen-bond donors (Lipinski definition) is 1. The molecule has 2 aromatic rings. The van der Waals surface area contributed by atoms with E-state index in [0.29, 0.717) is 22.9 Å². The highest BCUT2D eigenvalue weighted by molar-refractivity contribution is 7.09. The summed E-state index contributed by atoms with van der Waals surface area (Å²) in [7, 11) is 0. The van der Waals surface area contributed by atoms with Crippen LogP contribution in [0.2, 0.25) is 5.02 Å². The van der Waals surface area contributed by atoms with Gasteiger partial charge in [-0.05, 0) is 23.8 Å². The molecule has 0 unspecified atom stereocenters. The first-order valence-electron chi connectivity index (χ1n) is 5.36. The minimum absolute atomic E-state index is 0.411. The third-order valence-electron chi connectivity index (χ3n) is 2.23. The van der Waals surface area contributed by atoms with E-state index in [1.54, 1.807) is 29.9 Å². The first-order chi connectivity index (χ1) is 9.15. The van der Waals surface area contributed by atoms with Crippen LogP contribution in [0.25, 0.3) is 6.08 Å². The molecule has 0 aliphatic carbocycles. The van der Waals surface area contributed by atoms with Gasteiger partial charge in [0.25, 0.3) is 0 Å². The van der Waals surface area contributed by atoms with Gasteiger partial charge in [-0.25, -0.2) is 4.79 Å². The zero-order valence-electron chi connectivity index (χ0n) is 9.75. The van der Waals surface area contributed by atoms with Crippen molar-refractivity contribution in [2.24, 2.45) is 0 Å². The summed E-state index contributed by atoms with van der Waals surface area (Å²) in [4.78, 5) is 15.4. The Labute approximate surface area is 118 Å². The van der Waals surface area contributed by atoms with Crippen LogP contribution < -0.4 is 4.74 Å². The number of carboxylic acid groups (broad SMARTS) is 1. The molecule has 4 nitrogen and oxygen atoms in total. The highest BCUT2D eigenvalue weighted by Gasteiger charge is 2.03. The van der Waals surface area contributed by atoms with Crippen molar-refractivity contribution < 1.29 is 14.6 Å². The maximum atomic E-state index is 10.4. The molecule has 0 bridgehead atoms. The van der Waals surface area contributed by atoms with Crippen LogP contribution in [0.4, 0.5) is 0 Å². The SMILES string of the molecule is O=C(O)/C=C/c1ccc(OCc2cncs2)c(Cl)c1. The highest BCUT2D eigenvalue weighted by atomic mass is 35.5. The molecule has 98 valence electrons. The van der Waals surface area contributed by atoms with Crippen LogP contribution in [-0.4, -0.2) is 16.1 Å². The van der Waals surface area contributed by atoms with Gasteiger partial charge < -0.3 is 9.84 Å². The van der Waals surface area contributed by atoms with Crippen molar-refractivity contribution in [2.45, 2.75) is 6.61 Å². The van der Waals surface area contributed by atoms with E-state index in [1.165, 1.54) is 17.4 Å². The number of nitrogens with zero attached hydrogens (tertiary/aromatic N) is 1. The smallest absolute Gasteiger partial charge is 0.328 e. The Bertz CT molecular complexity index is 596. The van der Waals surface area contributed by atoms with Gasteiger partial charge >= 0.3 is 5.97 Å². The third kappa shape index (κ3) is 4.08. The maximum Gasteiger partial charge on any atom is 0.328 e. The molecule has 0 saturated carbocycles. The molecule has 0 spiro atoms. The Hall–Kier alpha value is -1.85. The van der Waals surface area contributed by atoms with Crippen molar-refractivity contribution in [1.29, 1.82) is 0 Å². The Kier molecular flexibility index (Phi) is 4.54. The minimum Gasteiger partial charge on any atom is -0.486 e. The number of carboxylic acids is 1. The lowest BCUT2D eigenvalue weighted by molar-refractivity contribution is -0.131. The molecule has 6 heteroatoms. The lowest BCUT2D eigenvalue weighted by Crippen LogP contribution is -1.93. The van der Waals surface area contributed by atoms with Gasteiger partial charge in [-0.3, -0.25) is 4.98 Å². The van der Waals surface area contributed by atoms with Crippen molar-refractivity contribution in [3.8, 4) is 5.75 Å². The molecule has 1 heterocycles. The van der Waals surface area contributed by atoms with Gasteiger partial charge in [0.2, 0.25) is 0 Å². The van der Waals surface area contributed by atoms with Crippen molar-refractivity contribution in [1.82, 2.24) is 4.98 Å². The van der Waals surface area contributed by atoms with E-state index in [0.717, 1.165) is 11.0 Å². The van der Waals surface area contributed by atoms with Crippen LogP contribution in [0.3, 0.4) is 0 Å². The Morgan fingerprint density at radius 1 is 1.53 bits per heavy atom. The molecule has 1 aromatic heterocycles. The number of aliphatic carboxylic acids is 1. The normalized spacial score (nSPS) is 10.8. The molecule has 0 aliphatic rings. The predicted octanol–water partition coefficient (Wildman–Crippen LogP) is 3.47. The number of hydrogen-bond acceptors (Lipinski definition) is 4.